The van der Waals surface area contributed by atoms with Gasteiger partial charge in [-0.3, -0.25) is 4.79 Å². The number of carbonyl (C=O) groups is 2. The third-order valence-corrected chi connectivity index (χ3v) is 4.79. The Morgan fingerprint density at radius 3 is 2.88 bits per heavy atom. The van der Waals surface area contributed by atoms with E-state index < -0.39 is 5.97 Å². The first-order valence-corrected chi connectivity index (χ1v) is 8.62. The minimum Gasteiger partial charge on any atom is -0.462 e. The number of aromatic nitrogens is 3. The topological polar surface area (TPSA) is 74.1 Å². The summed E-state index contributed by atoms with van der Waals surface area (Å²) in [7, 11) is 0. The van der Waals surface area contributed by atoms with Crippen molar-refractivity contribution in [3.63, 3.8) is 0 Å². The maximum Gasteiger partial charge on any atom is 0.341 e. The molecular formula is C18H17N3O3S. The average molecular weight is 355 g/mol. The molecule has 0 aliphatic heterocycles. The van der Waals surface area contributed by atoms with E-state index in [0.29, 0.717) is 34.9 Å². The second-order valence-electron chi connectivity index (χ2n) is 5.42. The lowest BCUT2D eigenvalue weighted by Crippen LogP contribution is -2.07. The molecule has 0 bridgehead atoms. The van der Waals surface area contributed by atoms with Crippen molar-refractivity contribution >= 4 is 23.6 Å². The van der Waals surface area contributed by atoms with Crippen LogP contribution in [0.5, 0.6) is 0 Å². The Morgan fingerprint density at radius 2 is 2.16 bits per heavy atom. The number of aldehydes is 1. The molecule has 0 spiro atoms. The Balaban J connectivity index is 2.03. The first-order chi connectivity index (χ1) is 12.0. The monoisotopic (exact) mass is 355 g/mol. The Hall–Kier alpha value is -2.80. The van der Waals surface area contributed by atoms with Gasteiger partial charge in [-0.1, -0.05) is 6.07 Å². The number of esters is 1. The lowest BCUT2D eigenvalue weighted by Gasteiger charge is -2.07. The van der Waals surface area contributed by atoms with Crippen molar-refractivity contribution in [1.29, 1.82) is 0 Å². The summed E-state index contributed by atoms with van der Waals surface area (Å²) < 4.78 is 6.63. The highest BCUT2D eigenvalue weighted by molar-refractivity contribution is 7.15. The van der Waals surface area contributed by atoms with E-state index in [-0.39, 0.29) is 0 Å². The van der Waals surface area contributed by atoms with Gasteiger partial charge < -0.3 is 4.74 Å². The Morgan fingerprint density at radius 1 is 1.36 bits per heavy atom. The lowest BCUT2D eigenvalue weighted by atomic mass is 10.2. The van der Waals surface area contributed by atoms with E-state index in [2.05, 4.69) is 10.1 Å². The number of hydrogen-bond acceptors (Lipinski definition) is 6. The van der Waals surface area contributed by atoms with Gasteiger partial charge in [-0.05, 0) is 39.0 Å². The van der Waals surface area contributed by atoms with Crippen LogP contribution in [0.2, 0.25) is 0 Å². The number of nitrogens with zero attached hydrogens (tertiary/aromatic N) is 3. The molecule has 0 unspecified atom stereocenters. The molecule has 128 valence electrons. The fourth-order valence-corrected chi connectivity index (χ4v) is 3.49. The maximum atomic E-state index is 12.0. The van der Waals surface area contributed by atoms with Crippen LogP contribution in [0.25, 0.3) is 16.4 Å². The van der Waals surface area contributed by atoms with Crippen LogP contribution in [0.15, 0.2) is 30.5 Å². The third kappa shape index (κ3) is 3.23. The number of thiophene rings is 1. The highest BCUT2D eigenvalue weighted by atomic mass is 32.1. The minimum atomic E-state index is -0.403. The van der Waals surface area contributed by atoms with E-state index in [4.69, 9.17) is 4.74 Å². The molecule has 3 heterocycles. The summed E-state index contributed by atoms with van der Waals surface area (Å²) in [5.41, 5.74) is 2.39. The zero-order valence-electron chi connectivity index (χ0n) is 14.1. The van der Waals surface area contributed by atoms with Crippen molar-refractivity contribution in [3.05, 3.63) is 52.2 Å². The van der Waals surface area contributed by atoms with Gasteiger partial charge in [-0.15, -0.1) is 11.3 Å². The summed E-state index contributed by atoms with van der Waals surface area (Å²) in [5, 5.41) is 4.26. The summed E-state index contributed by atoms with van der Waals surface area (Å²) in [5.74, 6) is 0.174. The summed E-state index contributed by atoms with van der Waals surface area (Å²) in [6.07, 6.45) is 2.32. The molecule has 3 rings (SSSR count). The molecule has 0 fully saturated rings. The molecule has 0 N–H and O–H groups in total. The van der Waals surface area contributed by atoms with Crippen LogP contribution in [0.1, 0.15) is 38.2 Å². The van der Waals surface area contributed by atoms with Crippen molar-refractivity contribution in [1.82, 2.24) is 14.8 Å². The van der Waals surface area contributed by atoms with Crippen molar-refractivity contribution in [2.75, 3.05) is 6.61 Å². The number of ether oxygens (including phenoxy) is 1. The molecule has 0 radical (unpaired) electrons. The van der Waals surface area contributed by atoms with E-state index in [1.807, 2.05) is 25.1 Å². The minimum absolute atomic E-state index is 0.309. The third-order valence-electron chi connectivity index (χ3n) is 3.70. The fourth-order valence-electron chi connectivity index (χ4n) is 2.54. The number of aryl methyl sites for hydroxylation is 1. The second-order valence-corrected chi connectivity index (χ2v) is 6.67. The maximum absolute atomic E-state index is 12.0. The summed E-state index contributed by atoms with van der Waals surface area (Å²) in [4.78, 5) is 29.7. The number of hydrogen-bond donors (Lipinski definition) is 0. The normalized spacial score (nSPS) is 10.7. The quantitative estimate of drug-likeness (QED) is 0.516. The van der Waals surface area contributed by atoms with Gasteiger partial charge in [0.05, 0.1) is 29.1 Å². The standard InChI is InChI=1S/C18H17N3O3S/c1-4-24-18(23)14-9-19-21(12(14)3)16-7-5-6-15(20-16)17-13(10-22)8-11(2)25-17/h5-10H,4H2,1-3H3. The molecule has 3 aromatic heterocycles. The number of pyridine rings is 1. The van der Waals surface area contributed by atoms with E-state index in [0.717, 1.165) is 16.0 Å². The van der Waals surface area contributed by atoms with Gasteiger partial charge in [0, 0.05) is 10.4 Å². The zero-order valence-corrected chi connectivity index (χ0v) is 15.0. The lowest BCUT2D eigenvalue weighted by molar-refractivity contribution is 0.0525. The molecule has 6 nitrogen and oxygen atoms in total. The van der Waals surface area contributed by atoms with Gasteiger partial charge in [0.1, 0.15) is 5.56 Å². The summed E-state index contributed by atoms with van der Waals surface area (Å²) in [6.45, 7) is 5.81. The van der Waals surface area contributed by atoms with Crippen molar-refractivity contribution in [3.8, 4) is 16.4 Å². The Labute approximate surface area is 149 Å². The average Bonchev–Trinajstić information content (AvgIpc) is 3.18. The molecule has 0 aliphatic carbocycles. The van der Waals surface area contributed by atoms with Crippen LogP contribution >= 0.6 is 11.3 Å². The van der Waals surface area contributed by atoms with Crippen LogP contribution in [0.3, 0.4) is 0 Å². The number of rotatable bonds is 5. The highest BCUT2D eigenvalue weighted by Crippen LogP contribution is 2.30. The largest absolute Gasteiger partial charge is 0.462 e. The first kappa shape index (κ1) is 17.0. The van der Waals surface area contributed by atoms with Gasteiger partial charge in [0.2, 0.25) is 0 Å². The molecule has 0 atom stereocenters. The molecule has 0 aliphatic rings. The molecule has 25 heavy (non-hydrogen) atoms. The SMILES string of the molecule is CCOC(=O)c1cnn(-c2cccc(-c3sc(C)cc3C=O)n2)c1C. The first-order valence-electron chi connectivity index (χ1n) is 7.80. The van der Waals surface area contributed by atoms with E-state index in [1.54, 1.807) is 24.6 Å². The van der Waals surface area contributed by atoms with Crippen LogP contribution in [-0.2, 0) is 4.74 Å². The van der Waals surface area contributed by atoms with Crippen LogP contribution in [-0.4, -0.2) is 33.6 Å². The van der Waals surface area contributed by atoms with Gasteiger partial charge in [0.15, 0.2) is 12.1 Å². The molecule has 0 saturated heterocycles. The second kappa shape index (κ2) is 6.98. The summed E-state index contributed by atoms with van der Waals surface area (Å²) in [6, 6.07) is 7.36. The van der Waals surface area contributed by atoms with E-state index in [9.17, 15) is 9.59 Å². The van der Waals surface area contributed by atoms with Crippen molar-refractivity contribution in [2.24, 2.45) is 0 Å². The van der Waals surface area contributed by atoms with E-state index >= 15 is 0 Å². The Bertz CT molecular complexity index is 943. The predicted octanol–water partition coefficient (Wildman–Crippen LogP) is 3.60. The highest BCUT2D eigenvalue weighted by Gasteiger charge is 2.17. The van der Waals surface area contributed by atoms with Crippen LogP contribution in [0.4, 0.5) is 0 Å². The van der Waals surface area contributed by atoms with Crippen molar-refractivity contribution in [2.45, 2.75) is 20.8 Å². The molecular weight excluding hydrogens is 338 g/mol. The fraction of sp³-hybridized carbons (Fsp3) is 0.222. The predicted molar refractivity (Wildman–Crippen MR) is 95.5 cm³/mol. The molecule has 0 saturated carbocycles. The molecule has 0 amide bonds. The number of carbonyl (C=O) groups excluding carboxylic acids is 2. The van der Waals surface area contributed by atoms with Gasteiger partial charge in [-0.2, -0.15) is 5.10 Å². The van der Waals surface area contributed by atoms with E-state index in [1.165, 1.54) is 17.5 Å². The molecule has 0 aromatic carbocycles. The smallest absolute Gasteiger partial charge is 0.341 e. The van der Waals surface area contributed by atoms with Crippen LogP contribution < -0.4 is 0 Å². The molecule has 7 heteroatoms. The van der Waals surface area contributed by atoms with Crippen LogP contribution in [0, 0.1) is 13.8 Å². The zero-order chi connectivity index (χ0) is 18.0. The van der Waals surface area contributed by atoms with Gasteiger partial charge in [-0.25, -0.2) is 14.5 Å². The van der Waals surface area contributed by atoms with Crippen molar-refractivity contribution < 1.29 is 14.3 Å². The summed E-state index contributed by atoms with van der Waals surface area (Å²) >= 11 is 1.52. The van der Waals surface area contributed by atoms with Gasteiger partial charge >= 0.3 is 5.97 Å². The molecule has 3 aromatic rings. The van der Waals surface area contributed by atoms with Gasteiger partial charge in [0.25, 0.3) is 0 Å². The Kier molecular flexibility index (Phi) is 4.76.